The Morgan fingerprint density at radius 3 is 2.69 bits per heavy atom. The predicted octanol–water partition coefficient (Wildman–Crippen LogP) is 2.50. The van der Waals surface area contributed by atoms with Crippen LogP contribution in [0.2, 0.25) is 0 Å². The van der Waals surface area contributed by atoms with Gasteiger partial charge in [0, 0.05) is 24.8 Å². The Hall–Kier alpha value is -1.02. The Labute approximate surface area is 97.6 Å². The molecule has 2 aliphatic rings. The van der Waals surface area contributed by atoms with E-state index in [1.165, 1.54) is 43.7 Å². The van der Waals surface area contributed by atoms with Crippen molar-refractivity contribution in [2.45, 2.75) is 25.8 Å². The lowest BCUT2D eigenvalue weighted by Gasteiger charge is -2.31. The van der Waals surface area contributed by atoms with E-state index in [-0.39, 0.29) is 0 Å². The molecule has 86 valence electrons. The van der Waals surface area contributed by atoms with Gasteiger partial charge >= 0.3 is 0 Å². The summed E-state index contributed by atoms with van der Waals surface area (Å²) in [6.07, 6.45) is 2.68. The molecular weight excluding hydrogens is 196 g/mol. The zero-order valence-electron chi connectivity index (χ0n) is 9.95. The van der Waals surface area contributed by atoms with Crippen LogP contribution in [0.15, 0.2) is 24.3 Å². The average molecular weight is 216 g/mol. The van der Waals surface area contributed by atoms with Gasteiger partial charge in [0.1, 0.15) is 0 Å². The van der Waals surface area contributed by atoms with Crippen LogP contribution in [0.3, 0.4) is 0 Å². The molecule has 0 radical (unpaired) electrons. The van der Waals surface area contributed by atoms with Crippen LogP contribution in [0.5, 0.6) is 0 Å². The fourth-order valence-corrected chi connectivity index (χ4v) is 3.01. The molecule has 0 spiro atoms. The van der Waals surface area contributed by atoms with E-state index in [1.54, 1.807) is 0 Å². The minimum Gasteiger partial charge on any atom is -0.382 e. The third-order valence-corrected chi connectivity index (χ3v) is 4.04. The Morgan fingerprint density at radius 2 is 1.88 bits per heavy atom. The molecule has 16 heavy (non-hydrogen) atoms. The molecule has 0 aliphatic carbocycles. The fraction of sp³-hybridized carbons (Fsp3) is 0.571. The second kappa shape index (κ2) is 4.10. The minimum absolute atomic E-state index is 0.696. The first-order valence-electron chi connectivity index (χ1n) is 6.37. The highest BCUT2D eigenvalue weighted by Crippen LogP contribution is 2.29. The zero-order valence-corrected chi connectivity index (χ0v) is 9.95. The van der Waals surface area contributed by atoms with E-state index in [9.17, 15) is 0 Å². The van der Waals surface area contributed by atoms with Crippen LogP contribution in [-0.4, -0.2) is 30.6 Å². The number of piperidine rings is 1. The van der Waals surface area contributed by atoms with Gasteiger partial charge in [-0.1, -0.05) is 17.7 Å². The summed E-state index contributed by atoms with van der Waals surface area (Å²) < 4.78 is 0. The average Bonchev–Trinajstić information content (AvgIpc) is 2.69. The van der Waals surface area contributed by atoms with Crippen molar-refractivity contribution in [3.8, 4) is 0 Å². The van der Waals surface area contributed by atoms with Gasteiger partial charge in [-0.3, -0.25) is 0 Å². The van der Waals surface area contributed by atoms with Gasteiger partial charge in [-0.05, 0) is 44.4 Å². The molecule has 1 N–H and O–H groups in total. The molecule has 2 aliphatic heterocycles. The first-order chi connectivity index (χ1) is 7.81. The molecule has 0 aromatic heterocycles. The standard InChI is InChI=1S/C14H20N2/c1-11-2-4-13(5-3-11)15-14-7-9-16-8-6-12(14)10-16/h2-5,12,14-15H,6-10H2,1H3. The molecule has 0 saturated carbocycles. The Kier molecular flexibility index (Phi) is 2.60. The summed E-state index contributed by atoms with van der Waals surface area (Å²) in [5.74, 6) is 0.870. The second-order valence-corrected chi connectivity index (χ2v) is 5.25. The van der Waals surface area contributed by atoms with E-state index in [2.05, 4.69) is 41.4 Å². The quantitative estimate of drug-likeness (QED) is 0.817. The number of benzene rings is 1. The Balaban J connectivity index is 1.68. The summed E-state index contributed by atoms with van der Waals surface area (Å²) >= 11 is 0. The molecule has 2 saturated heterocycles. The van der Waals surface area contributed by atoms with Gasteiger partial charge in [0.2, 0.25) is 0 Å². The number of hydrogen-bond donors (Lipinski definition) is 1. The number of anilines is 1. The zero-order chi connectivity index (χ0) is 11.0. The van der Waals surface area contributed by atoms with Crippen molar-refractivity contribution in [1.29, 1.82) is 0 Å². The highest BCUT2D eigenvalue weighted by molar-refractivity contribution is 5.45. The van der Waals surface area contributed by atoms with Crippen LogP contribution in [0.1, 0.15) is 18.4 Å². The third kappa shape index (κ3) is 1.94. The van der Waals surface area contributed by atoms with Gasteiger partial charge in [-0.2, -0.15) is 0 Å². The van der Waals surface area contributed by atoms with Crippen molar-refractivity contribution in [2.24, 2.45) is 5.92 Å². The topological polar surface area (TPSA) is 15.3 Å². The van der Waals surface area contributed by atoms with Crippen LogP contribution in [0, 0.1) is 12.8 Å². The second-order valence-electron chi connectivity index (χ2n) is 5.25. The first kappa shape index (κ1) is 10.2. The van der Waals surface area contributed by atoms with Crippen LogP contribution < -0.4 is 5.32 Å². The summed E-state index contributed by atoms with van der Waals surface area (Å²) in [5, 5.41) is 3.71. The van der Waals surface area contributed by atoms with Gasteiger partial charge in [0.05, 0.1) is 0 Å². The van der Waals surface area contributed by atoms with Crippen molar-refractivity contribution >= 4 is 5.69 Å². The lowest BCUT2D eigenvalue weighted by molar-refractivity contribution is 0.255. The summed E-state index contributed by atoms with van der Waals surface area (Å²) in [4.78, 5) is 2.60. The maximum absolute atomic E-state index is 3.71. The molecular formula is C14H20N2. The SMILES string of the molecule is Cc1ccc(NC2CCN3CCC2C3)cc1. The highest BCUT2D eigenvalue weighted by Gasteiger charge is 2.33. The molecule has 3 unspecified atom stereocenters. The van der Waals surface area contributed by atoms with E-state index >= 15 is 0 Å². The molecule has 2 heterocycles. The van der Waals surface area contributed by atoms with Crippen LogP contribution >= 0.6 is 0 Å². The number of aryl methyl sites for hydroxylation is 1. The molecule has 3 rings (SSSR count). The van der Waals surface area contributed by atoms with Crippen molar-refractivity contribution in [2.75, 3.05) is 25.0 Å². The Bertz CT molecular complexity index is 358. The van der Waals surface area contributed by atoms with Gasteiger partial charge < -0.3 is 10.2 Å². The molecule has 2 heteroatoms. The van der Waals surface area contributed by atoms with Crippen molar-refractivity contribution in [3.05, 3.63) is 29.8 Å². The molecule has 1 aromatic carbocycles. The number of nitrogens with one attached hydrogen (secondary N) is 1. The van der Waals surface area contributed by atoms with E-state index in [4.69, 9.17) is 0 Å². The number of fused-ring (bicyclic) bond motifs is 2. The third-order valence-electron chi connectivity index (χ3n) is 4.04. The minimum atomic E-state index is 0.696. The summed E-state index contributed by atoms with van der Waals surface area (Å²) in [6, 6.07) is 9.48. The van der Waals surface area contributed by atoms with Crippen molar-refractivity contribution in [3.63, 3.8) is 0 Å². The summed E-state index contributed by atoms with van der Waals surface area (Å²) in [6.45, 7) is 6.04. The molecule has 1 aromatic rings. The Morgan fingerprint density at radius 1 is 1.12 bits per heavy atom. The van der Waals surface area contributed by atoms with Crippen LogP contribution in [-0.2, 0) is 0 Å². The lowest BCUT2D eigenvalue weighted by atomic mass is 9.94. The summed E-state index contributed by atoms with van der Waals surface area (Å²) in [5.41, 5.74) is 2.62. The van der Waals surface area contributed by atoms with Gasteiger partial charge in [0.25, 0.3) is 0 Å². The summed E-state index contributed by atoms with van der Waals surface area (Å²) in [7, 11) is 0. The monoisotopic (exact) mass is 216 g/mol. The van der Waals surface area contributed by atoms with Crippen molar-refractivity contribution in [1.82, 2.24) is 4.90 Å². The van der Waals surface area contributed by atoms with E-state index < -0.39 is 0 Å². The van der Waals surface area contributed by atoms with E-state index in [1.807, 2.05) is 0 Å². The normalized spacial score (nSPS) is 32.7. The van der Waals surface area contributed by atoms with Crippen molar-refractivity contribution < 1.29 is 0 Å². The number of nitrogens with zero attached hydrogens (tertiary/aromatic N) is 1. The van der Waals surface area contributed by atoms with Gasteiger partial charge in [-0.15, -0.1) is 0 Å². The maximum Gasteiger partial charge on any atom is 0.0342 e. The maximum atomic E-state index is 3.71. The fourth-order valence-electron chi connectivity index (χ4n) is 3.01. The van der Waals surface area contributed by atoms with Gasteiger partial charge in [0.15, 0.2) is 0 Å². The lowest BCUT2D eigenvalue weighted by Crippen LogP contribution is -2.39. The highest BCUT2D eigenvalue weighted by atomic mass is 15.2. The molecule has 2 bridgehead atoms. The first-order valence-corrected chi connectivity index (χ1v) is 6.37. The van der Waals surface area contributed by atoms with Gasteiger partial charge in [-0.25, -0.2) is 0 Å². The number of rotatable bonds is 2. The largest absolute Gasteiger partial charge is 0.382 e. The molecule has 2 fully saturated rings. The predicted molar refractivity (Wildman–Crippen MR) is 67.8 cm³/mol. The molecule has 3 atom stereocenters. The smallest absolute Gasteiger partial charge is 0.0342 e. The van der Waals surface area contributed by atoms with E-state index in [0.717, 1.165) is 5.92 Å². The number of hydrogen-bond acceptors (Lipinski definition) is 2. The molecule has 0 amide bonds. The van der Waals surface area contributed by atoms with Crippen LogP contribution in [0.4, 0.5) is 5.69 Å². The van der Waals surface area contributed by atoms with E-state index in [0.29, 0.717) is 6.04 Å². The molecule has 2 nitrogen and oxygen atoms in total. The van der Waals surface area contributed by atoms with Crippen LogP contribution in [0.25, 0.3) is 0 Å².